The predicted octanol–water partition coefficient (Wildman–Crippen LogP) is -3.27. The molecule has 16 heteroatoms. The highest BCUT2D eigenvalue weighted by molar-refractivity contribution is 7.80. The molecule has 14 nitrogen and oxygen atoms in total. The number of aromatic amines is 1. The molecule has 4 atom stereocenters. The van der Waals surface area contributed by atoms with Crippen LogP contribution in [0.3, 0.4) is 0 Å². The Bertz CT molecular complexity index is 849. The number of imidazole rings is 1. The lowest BCUT2D eigenvalue weighted by Gasteiger charge is -2.24. The molecule has 1 aromatic heterocycles. The smallest absolute Gasteiger partial charge is 0.327 e. The Morgan fingerprint density at radius 2 is 1.62 bits per heavy atom. The van der Waals surface area contributed by atoms with E-state index in [1.54, 1.807) is 0 Å². The van der Waals surface area contributed by atoms with Gasteiger partial charge in [-0.25, -0.2) is 9.78 Å². The number of amides is 3. The summed E-state index contributed by atoms with van der Waals surface area (Å²) in [5.41, 5.74) is 16.9. The lowest BCUT2D eigenvalue weighted by molar-refractivity contribution is -0.141. The number of rotatable bonds is 15. The number of H-pyrrole nitrogens is 1. The highest BCUT2D eigenvalue weighted by Gasteiger charge is 2.30. The molecular weight excluding hydrogens is 486 g/mol. The lowest BCUT2D eigenvalue weighted by Crippen LogP contribution is -2.58. The van der Waals surface area contributed by atoms with Crippen molar-refractivity contribution in [1.29, 1.82) is 0 Å². The fraction of sp³-hybridized carbons (Fsp3) is 0.556. The van der Waals surface area contributed by atoms with Gasteiger partial charge in [0.15, 0.2) is 5.96 Å². The summed E-state index contributed by atoms with van der Waals surface area (Å²) in [5, 5.41) is 16.5. The van der Waals surface area contributed by atoms with Crippen molar-refractivity contribution in [3.8, 4) is 0 Å². The van der Waals surface area contributed by atoms with Crippen LogP contribution in [0, 0.1) is 0 Å². The third kappa shape index (κ3) is 10.3. The van der Waals surface area contributed by atoms with E-state index < -0.39 is 47.9 Å². The summed E-state index contributed by atoms with van der Waals surface area (Å²) >= 11 is 8.01. The Labute approximate surface area is 207 Å². The summed E-state index contributed by atoms with van der Waals surface area (Å²) in [4.78, 5) is 59.6. The minimum atomic E-state index is -1.27. The van der Waals surface area contributed by atoms with Crippen LogP contribution >= 0.6 is 25.3 Å². The second-order valence-corrected chi connectivity index (χ2v) is 7.95. The van der Waals surface area contributed by atoms with E-state index in [0.29, 0.717) is 18.7 Å². The summed E-state index contributed by atoms with van der Waals surface area (Å²) < 4.78 is 0. The number of hydrogen-bond donors (Lipinski definition) is 10. The van der Waals surface area contributed by atoms with Gasteiger partial charge >= 0.3 is 5.97 Å². The Hall–Kier alpha value is -2.98. The molecule has 4 unspecified atom stereocenters. The zero-order valence-corrected chi connectivity index (χ0v) is 20.1. The molecule has 0 fully saturated rings. The van der Waals surface area contributed by atoms with Gasteiger partial charge in [-0.05, 0) is 12.8 Å². The maximum Gasteiger partial charge on any atom is 0.327 e. The number of nitrogens with one attached hydrogen (secondary N) is 4. The first-order valence-electron chi connectivity index (χ1n) is 10.2. The van der Waals surface area contributed by atoms with Crippen LogP contribution in [-0.2, 0) is 25.6 Å². The van der Waals surface area contributed by atoms with Crippen molar-refractivity contribution >= 4 is 54.9 Å². The standard InChI is InChI=1S/C18H31N9O5S2/c19-10(2-1-3-23-18(20)21)14(28)26-12(6-33)16(30)25-11(4-9-5-22-8-24-9)15(29)27-13(7-34)17(31)32/h5,8,10-13,33-34H,1-4,6-7,19H2,(H,22,24)(H,25,30)(H,26,28)(H,27,29)(H,31,32)(H4,20,21,23). The molecule has 3 amide bonds. The Kier molecular flexibility index (Phi) is 12.8. The maximum atomic E-state index is 12.8. The predicted molar refractivity (Wildman–Crippen MR) is 131 cm³/mol. The van der Waals surface area contributed by atoms with Crippen molar-refractivity contribution in [2.75, 3.05) is 18.1 Å². The molecule has 0 bridgehead atoms. The molecule has 0 aromatic carbocycles. The average Bonchev–Trinajstić information content (AvgIpc) is 3.30. The van der Waals surface area contributed by atoms with Crippen LogP contribution in [0.5, 0.6) is 0 Å². The minimum absolute atomic E-state index is 0.00593. The number of carbonyl (C=O) groups is 4. The Morgan fingerprint density at radius 1 is 1.03 bits per heavy atom. The summed E-state index contributed by atoms with van der Waals surface area (Å²) in [6, 6.07) is -4.44. The van der Waals surface area contributed by atoms with Gasteiger partial charge in [-0.1, -0.05) is 0 Å². The monoisotopic (exact) mass is 517 g/mol. The van der Waals surface area contributed by atoms with E-state index in [0.717, 1.165) is 0 Å². The molecule has 0 spiro atoms. The second kappa shape index (κ2) is 15.0. The van der Waals surface area contributed by atoms with Crippen molar-refractivity contribution in [1.82, 2.24) is 25.9 Å². The van der Waals surface area contributed by atoms with Gasteiger partial charge in [-0.3, -0.25) is 19.4 Å². The van der Waals surface area contributed by atoms with Crippen LogP contribution in [-0.4, -0.2) is 86.9 Å². The first-order valence-corrected chi connectivity index (χ1v) is 11.5. The maximum absolute atomic E-state index is 12.8. The Balaban J connectivity index is 2.81. The molecule has 190 valence electrons. The number of carboxylic acid groups (broad SMARTS) is 1. The van der Waals surface area contributed by atoms with E-state index in [4.69, 9.17) is 22.3 Å². The number of nitrogens with zero attached hydrogens (tertiary/aromatic N) is 2. The number of aliphatic imine (C=N–C) groups is 1. The molecule has 11 N–H and O–H groups in total. The molecule has 0 aliphatic heterocycles. The fourth-order valence-electron chi connectivity index (χ4n) is 2.68. The zero-order valence-electron chi connectivity index (χ0n) is 18.3. The number of aromatic nitrogens is 2. The fourth-order valence-corrected chi connectivity index (χ4v) is 3.18. The molecule has 0 saturated carbocycles. The average molecular weight is 518 g/mol. The summed E-state index contributed by atoms with van der Waals surface area (Å²) in [6.07, 6.45) is 3.57. The highest BCUT2D eigenvalue weighted by atomic mass is 32.1. The van der Waals surface area contributed by atoms with Gasteiger partial charge in [-0.15, -0.1) is 0 Å². The SMILES string of the molecule is NC(N)=NCCCC(N)C(=O)NC(CS)C(=O)NC(Cc1cnc[nH]1)C(=O)NC(CS)C(=O)O. The first-order chi connectivity index (χ1) is 16.1. The first kappa shape index (κ1) is 29.1. The number of carboxylic acids is 1. The molecule has 0 radical (unpaired) electrons. The largest absolute Gasteiger partial charge is 0.480 e. The molecular formula is C18H31N9O5S2. The normalized spacial score (nSPS) is 14.2. The van der Waals surface area contributed by atoms with Crippen molar-refractivity contribution in [3.05, 3.63) is 18.2 Å². The zero-order chi connectivity index (χ0) is 25.7. The lowest BCUT2D eigenvalue weighted by atomic mass is 10.1. The van der Waals surface area contributed by atoms with Crippen LogP contribution in [0.15, 0.2) is 17.5 Å². The van der Waals surface area contributed by atoms with Crippen LogP contribution in [0.4, 0.5) is 0 Å². The number of guanidine groups is 1. The summed E-state index contributed by atoms with van der Waals surface area (Å²) in [7, 11) is 0. The molecule has 0 saturated heterocycles. The molecule has 1 heterocycles. The summed E-state index contributed by atoms with van der Waals surface area (Å²) in [6.45, 7) is 0.299. The number of aliphatic carboxylic acids is 1. The van der Waals surface area contributed by atoms with E-state index in [9.17, 15) is 19.2 Å². The van der Waals surface area contributed by atoms with E-state index in [1.807, 2.05) is 0 Å². The van der Waals surface area contributed by atoms with Gasteiger partial charge in [-0.2, -0.15) is 25.3 Å². The number of hydrogen-bond acceptors (Lipinski definition) is 9. The number of thiol groups is 2. The van der Waals surface area contributed by atoms with E-state index in [-0.39, 0.29) is 30.3 Å². The molecule has 0 aliphatic rings. The van der Waals surface area contributed by atoms with Crippen LogP contribution in [0.2, 0.25) is 0 Å². The van der Waals surface area contributed by atoms with Gasteiger partial charge < -0.3 is 43.2 Å². The van der Waals surface area contributed by atoms with E-state index >= 15 is 0 Å². The van der Waals surface area contributed by atoms with Crippen LogP contribution in [0.25, 0.3) is 0 Å². The van der Waals surface area contributed by atoms with Gasteiger partial charge in [0.25, 0.3) is 0 Å². The number of carbonyl (C=O) groups excluding carboxylic acids is 3. The topological polar surface area (TPSA) is 244 Å². The molecule has 1 rings (SSSR count). The van der Waals surface area contributed by atoms with Crippen molar-refractivity contribution in [2.24, 2.45) is 22.2 Å². The minimum Gasteiger partial charge on any atom is -0.480 e. The molecule has 34 heavy (non-hydrogen) atoms. The van der Waals surface area contributed by atoms with Crippen LogP contribution < -0.4 is 33.2 Å². The van der Waals surface area contributed by atoms with Crippen molar-refractivity contribution in [2.45, 2.75) is 43.4 Å². The van der Waals surface area contributed by atoms with E-state index in [2.05, 4.69) is 56.2 Å². The highest BCUT2D eigenvalue weighted by Crippen LogP contribution is 2.03. The van der Waals surface area contributed by atoms with Gasteiger partial charge in [0.05, 0.1) is 12.4 Å². The quantitative estimate of drug-likeness (QED) is 0.0484. The van der Waals surface area contributed by atoms with Crippen molar-refractivity contribution < 1.29 is 24.3 Å². The van der Waals surface area contributed by atoms with Crippen LogP contribution in [0.1, 0.15) is 18.5 Å². The molecule has 0 aliphatic carbocycles. The van der Waals surface area contributed by atoms with Crippen molar-refractivity contribution in [3.63, 3.8) is 0 Å². The second-order valence-electron chi connectivity index (χ2n) is 7.22. The summed E-state index contributed by atoms with van der Waals surface area (Å²) in [5.74, 6) is -3.60. The number of nitrogens with two attached hydrogens (primary N) is 3. The third-order valence-electron chi connectivity index (χ3n) is 4.53. The van der Waals surface area contributed by atoms with Gasteiger partial charge in [0, 0.05) is 36.4 Å². The van der Waals surface area contributed by atoms with E-state index in [1.165, 1.54) is 12.5 Å². The van der Waals surface area contributed by atoms with Gasteiger partial charge in [0.2, 0.25) is 17.7 Å². The Morgan fingerprint density at radius 3 is 2.15 bits per heavy atom. The molecule has 1 aromatic rings. The van der Waals surface area contributed by atoms with Gasteiger partial charge in [0.1, 0.15) is 18.1 Å². The third-order valence-corrected chi connectivity index (χ3v) is 5.26.